The van der Waals surface area contributed by atoms with Gasteiger partial charge in [0.25, 0.3) is 0 Å². The van der Waals surface area contributed by atoms with Crippen LogP contribution >= 0.6 is 23.1 Å². The molecule has 0 fully saturated rings. The number of nitrogens with zero attached hydrogens (tertiary/aromatic N) is 1. The summed E-state index contributed by atoms with van der Waals surface area (Å²) >= 11 is 2.85. The quantitative estimate of drug-likeness (QED) is 0.433. The number of hydrogen-bond donors (Lipinski definition) is 2. The number of amides is 1. The molecule has 3 rings (SSSR count). The Hall–Kier alpha value is -2.52. The van der Waals surface area contributed by atoms with Gasteiger partial charge in [0, 0.05) is 17.1 Å². The van der Waals surface area contributed by atoms with Crippen LogP contribution < -0.4 is 20.3 Å². The van der Waals surface area contributed by atoms with E-state index in [0.29, 0.717) is 34.3 Å². The largest absolute Gasteiger partial charge is 0.495 e. The van der Waals surface area contributed by atoms with Crippen LogP contribution in [-0.2, 0) is 4.79 Å². The van der Waals surface area contributed by atoms with Gasteiger partial charge in [0.15, 0.2) is 0 Å². The standard InChI is InChI=1S/C18H18FN3O3S2/c1-24-13-7-8-14(25-2)17-16(13)20-18(27-17)22-21-15(23)9-10-26-12-5-3-11(19)4-6-12/h3-8H,9-10H2,1-2H3,(H,20,22)(H,21,23). The molecule has 0 radical (unpaired) electrons. The number of methoxy groups -OCH3 is 2. The Bertz CT molecular complexity index is 890. The minimum Gasteiger partial charge on any atom is -0.495 e. The number of ether oxygens (including phenoxy) is 2. The molecule has 142 valence electrons. The van der Waals surface area contributed by atoms with Gasteiger partial charge in [-0.05, 0) is 36.4 Å². The number of nitrogens with one attached hydrogen (secondary N) is 2. The average Bonchev–Trinajstić information content (AvgIpc) is 3.11. The second kappa shape index (κ2) is 8.92. The van der Waals surface area contributed by atoms with Crippen molar-refractivity contribution in [3.63, 3.8) is 0 Å². The van der Waals surface area contributed by atoms with Crippen molar-refractivity contribution in [3.05, 3.63) is 42.2 Å². The molecule has 0 bridgehead atoms. The van der Waals surface area contributed by atoms with Crippen molar-refractivity contribution >= 4 is 44.4 Å². The fraction of sp³-hybridized carbons (Fsp3) is 0.222. The number of hydrogen-bond acceptors (Lipinski definition) is 7. The van der Waals surface area contributed by atoms with Crippen LogP contribution in [0, 0.1) is 5.82 Å². The minimum atomic E-state index is -0.273. The Morgan fingerprint density at radius 3 is 2.56 bits per heavy atom. The normalized spacial score (nSPS) is 10.6. The zero-order chi connectivity index (χ0) is 19.2. The lowest BCUT2D eigenvalue weighted by Crippen LogP contribution is -2.29. The van der Waals surface area contributed by atoms with Crippen LogP contribution in [0.1, 0.15) is 6.42 Å². The number of benzene rings is 2. The van der Waals surface area contributed by atoms with Gasteiger partial charge < -0.3 is 9.47 Å². The van der Waals surface area contributed by atoms with Crippen molar-refractivity contribution in [3.8, 4) is 11.5 Å². The molecular weight excluding hydrogens is 389 g/mol. The molecule has 27 heavy (non-hydrogen) atoms. The molecule has 3 aromatic rings. The van der Waals surface area contributed by atoms with Gasteiger partial charge >= 0.3 is 0 Å². The van der Waals surface area contributed by atoms with E-state index in [1.165, 1.54) is 35.2 Å². The maximum Gasteiger partial charge on any atom is 0.239 e. The van der Waals surface area contributed by atoms with Gasteiger partial charge in [-0.2, -0.15) is 0 Å². The van der Waals surface area contributed by atoms with Gasteiger partial charge in [0.2, 0.25) is 11.0 Å². The van der Waals surface area contributed by atoms with Crippen molar-refractivity contribution in [1.82, 2.24) is 10.4 Å². The summed E-state index contributed by atoms with van der Waals surface area (Å²) in [6.45, 7) is 0. The van der Waals surface area contributed by atoms with Crippen molar-refractivity contribution in [1.29, 1.82) is 0 Å². The van der Waals surface area contributed by atoms with Gasteiger partial charge in [0.1, 0.15) is 27.5 Å². The molecule has 0 saturated carbocycles. The SMILES string of the molecule is COc1ccc(OC)c2sc(NNC(=O)CCSc3ccc(F)cc3)nc12. The molecule has 0 aliphatic rings. The van der Waals surface area contributed by atoms with E-state index >= 15 is 0 Å². The maximum absolute atomic E-state index is 12.9. The summed E-state index contributed by atoms with van der Waals surface area (Å²) in [5.41, 5.74) is 6.14. The second-order valence-corrected chi connectivity index (χ2v) is 7.56. The first kappa shape index (κ1) is 19.2. The second-order valence-electron chi connectivity index (χ2n) is 5.39. The average molecular weight is 407 g/mol. The maximum atomic E-state index is 12.9. The first-order valence-electron chi connectivity index (χ1n) is 8.05. The molecule has 2 aromatic carbocycles. The summed E-state index contributed by atoms with van der Waals surface area (Å²) in [5.74, 6) is 1.48. The van der Waals surface area contributed by atoms with E-state index in [4.69, 9.17) is 9.47 Å². The highest BCUT2D eigenvalue weighted by molar-refractivity contribution is 7.99. The van der Waals surface area contributed by atoms with E-state index in [0.717, 1.165) is 9.60 Å². The van der Waals surface area contributed by atoms with Gasteiger partial charge in [-0.3, -0.25) is 15.6 Å². The van der Waals surface area contributed by atoms with Crippen LogP contribution in [0.15, 0.2) is 41.3 Å². The van der Waals surface area contributed by atoms with Crippen molar-refractivity contribution < 1.29 is 18.7 Å². The zero-order valence-electron chi connectivity index (χ0n) is 14.7. The summed E-state index contributed by atoms with van der Waals surface area (Å²) in [5, 5.41) is 0.535. The molecule has 1 aromatic heterocycles. The molecule has 0 aliphatic carbocycles. The predicted molar refractivity (Wildman–Crippen MR) is 106 cm³/mol. The number of rotatable bonds is 8. The third kappa shape index (κ3) is 4.81. The molecular formula is C18H18FN3O3S2. The molecule has 2 N–H and O–H groups in total. The Labute approximate surface area is 164 Å². The van der Waals surface area contributed by atoms with E-state index in [2.05, 4.69) is 15.8 Å². The van der Waals surface area contributed by atoms with Crippen molar-refractivity contribution in [2.24, 2.45) is 0 Å². The Morgan fingerprint density at radius 1 is 1.15 bits per heavy atom. The lowest BCUT2D eigenvalue weighted by atomic mass is 10.3. The van der Waals surface area contributed by atoms with Crippen LogP contribution in [0.4, 0.5) is 9.52 Å². The summed E-state index contributed by atoms with van der Waals surface area (Å²) in [4.78, 5) is 17.4. The number of thiazole rings is 1. The number of anilines is 1. The molecule has 6 nitrogen and oxygen atoms in total. The first-order valence-corrected chi connectivity index (χ1v) is 9.85. The van der Waals surface area contributed by atoms with Crippen LogP contribution in [0.25, 0.3) is 10.2 Å². The zero-order valence-corrected chi connectivity index (χ0v) is 16.4. The number of thioether (sulfide) groups is 1. The Kier molecular flexibility index (Phi) is 6.36. The van der Waals surface area contributed by atoms with Gasteiger partial charge in [-0.15, -0.1) is 11.8 Å². The molecule has 0 saturated heterocycles. The highest BCUT2D eigenvalue weighted by atomic mass is 32.2. The molecule has 0 aliphatic heterocycles. The summed E-state index contributed by atoms with van der Waals surface area (Å²) < 4.78 is 24.4. The Morgan fingerprint density at radius 2 is 1.85 bits per heavy atom. The topological polar surface area (TPSA) is 72.5 Å². The van der Waals surface area contributed by atoms with E-state index in [1.54, 1.807) is 32.4 Å². The fourth-order valence-corrected chi connectivity index (χ4v) is 4.10. The molecule has 1 amide bonds. The summed E-state index contributed by atoms with van der Waals surface area (Å²) in [6.07, 6.45) is 0.312. The van der Waals surface area contributed by atoms with Crippen LogP contribution in [-0.4, -0.2) is 30.9 Å². The third-order valence-corrected chi connectivity index (χ3v) is 5.63. The number of hydrazine groups is 1. The number of aromatic nitrogens is 1. The van der Waals surface area contributed by atoms with Crippen LogP contribution in [0.5, 0.6) is 11.5 Å². The Balaban J connectivity index is 1.54. The highest BCUT2D eigenvalue weighted by Gasteiger charge is 2.14. The highest BCUT2D eigenvalue weighted by Crippen LogP contribution is 2.38. The van der Waals surface area contributed by atoms with E-state index in [1.807, 2.05) is 6.07 Å². The number of carbonyl (C=O) groups excluding carboxylic acids is 1. The summed E-state index contributed by atoms with van der Waals surface area (Å²) in [7, 11) is 3.17. The van der Waals surface area contributed by atoms with Gasteiger partial charge in [0.05, 0.1) is 14.2 Å². The summed E-state index contributed by atoms with van der Waals surface area (Å²) in [6, 6.07) is 9.79. The number of halogens is 1. The van der Waals surface area contributed by atoms with Crippen molar-refractivity contribution in [2.75, 3.05) is 25.4 Å². The fourth-order valence-electron chi connectivity index (χ4n) is 2.32. The molecule has 0 spiro atoms. The number of fused-ring (bicyclic) bond motifs is 1. The third-order valence-electron chi connectivity index (χ3n) is 3.63. The lowest BCUT2D eigenvalue weighted by Gasteiger charge is -2.05. The van der Waals surface area contributed by atoms with Crippen LogP contribution in [0.2, 0.25) is 0 Å². The van der Waals surface area contributed by atoms with E-state index in [-0.39, 0.29) is 11.7 Å². The minimum absolute atomic E-state index is 0.164. The van der Waals surface area contributed by atoms with Crippen LogP contribution in [0.3, 0.4) is 0 Å². The van der Waals surface area contributed by atoms with Gasteiger partial charge in [-0.1, -0.05) is 11.3 Å². The lowest BCUT2D eigenvalue weighted by molar-refractivity contribution is -0.120. The molecule has 9 heteroatoms. The molecule has 1 heterocycles. The van der Waals surface area contributed by atoms with E-state index in [9.17, 15) is 9.18 Å². The van der Waals surface area contributed by atoms with E-state index < -0.39 is 0 Å². The molecule has 0 atom stereocenters. The van der Waals surface area contributed by atoms with Gasteiger partial charge in [-0.25, -0.2) is 9.37 Å². The first-order chi connectivity index (χ1) is 13.1. The van der Waals surface area contributed by atoms with Crippen molar-refractivity contribution in [2.45, 2.75) is 11.3 Å². The monoisotopic (exact) mass is 407 g/mol. The predicted octanol–water partition coefficient (Wildman–Crippen LogP) is 4.08. The number of carbonyl (C=O) groups is 1. The molecule has 0 unspecified atom stereocenters. The smallest absolute Gasteiger partial charge is 0.239 e.